The maximum Gasteiger partial charge on any atom is 0.255 e. The molecule has 0 radical (unpaired) electrons. The molecule has 2 N–H and O–H groups in total. The van der Waals surface area contributed by atoms with Gasteiger partial charge in [0.25, 0.3) is 5.91 Å². The summed E-state index contributed by atoms with van der Waals surface area (Å²) < 4.78 is 0. The van der Waals surface area contributed by atoms with E-state index >= 15 is 0 Å². The van der Waals surface area contributed by atoms with Crippen molar-refractivity contribution in [3.8, 4) is 0 Å². The highest BCUT2D eigenvalue weighted by Gasteiger charge is 2.31. The van der Waals surface area contributed by atoms with Crippen molar-refractivity contribution in [1.29, 1.82) is 0 Å². The first-order valence-electron chi connectivity index (χ1n) is 6.54. The number of rotatable bonds is 4. The molecule has 1 heterocycles. The van der Waals surface area contributed by atoms with E-state index in [0.29, 0.717) is 30.1 Å². The summed E-state index contributed by atoms with van der Waals surface area (Å²) in [5.74, 6) is 0.230. The van der Waals surface area contributed by atoms with Crippen LogP contribution in [0.5, 0.6) is 0 Å². The average Bonchev–Trinajstić information content (AvgIpc) is 2.90. The van der Waals surface area contributed by atoms with Crippen LogP contribution < -0.4 is 5.73 Å². The molecular weight excluding hydrogens is 296 g/mol. The lowest BCUT2D eigenvalue weighted by Gasteiger charge is -2.18. The second-order valence-electron chi connectivity index (χ2n) is 4.71. The van der Waals surface area contributed by atoms with Gasteiger partial charge in [0.1, 0.15) is 0 Å². The third-order valence-corrected chi connectivity index (χ3v) is 4.54. The van der Waals surface area contributed by atoms with E-state index in [2.05, 4.69) is 0 Å². The fourth-order valence-electron chi connectivity index (χ4n) is 2.30. The van der Waals surface area contributed by atoms with E-state index in [-0.39, 0.29) is 17.7 Å². The van der Waals surface area contributed by atoms with Gasteiger partial charge in [0, 0.05) is 23.0 Å². The summed E-state index contributed by atoms with van der Waals surface area (Å²) in [6.07, 6.45) is 0.637. The number of nitrogens with two attached hydrogens (primary N) is 1. The zero-order valence-corrected chi connectivity index (χ0v) is 12.8. The van der Waals surface area contributed by atoms with Crippen molar-refractivity contribution in [2.75, 3.05) is 18.8 Å². The molecule has 1 fully saturated rings. The Balaban J connectivity index is 2.21. The molecule has 1 aliphatic heterocycles. The normalized spacial score (nSPS) is 18.3. The van der Waals surface area contributed by atoms with Crippen LogP contribution in [0.25, 0.3) is 0 Å². The lowest BCUT2D eigenvalue weighted by Crippen LogP contribution is -2.32. The third kappa shape index (κ3) is 3.27. The average molecular weight is 313 g/mol. The Hall–Kier alpha value is -1.20. The fraction of sp³-hybridized carbons (Fsp3) is 0.429. The van der Waals surface area contributed by atoms with Gasteiger partial charge in [0.2, 0.25) is 5.91 Å². The van der Waals surface area contributed by atoms with Crippen LogP contribution in [0.15, 0.2) is 23.1 Å². The summed E-state index contributed by atoms with van der Waals surface area (Å²) in [7, 11) is 0. The number of carbonyl (C=O) groups is 2. The van der Waals surface area contributed by atoms with Crippen molar-refractivity contribution in [2.24, 2.45) is 11.7 Å². The Morgan fingerprint density at radius 1 is 1.50 bits per heavy atom. The standard InChI is InChI=1S/C14H17ClN2O2S/c1-2-20-12-4-3-10(15)7-11(12)14(19)17-6-5-9(8-17)13(16)18/h3-4,7,9H,2,5-6,8H2,1H3,(H2,16,18)/t9-/m1/s1. The number of nitrogens with zero attached hydrogens (tertiary/aromatic N) is 1. The van der Waals surface area contributed by atoms with E-state index in [1.54, 1.807) is 28.8 Å². The molecule has 0 unspecified atom stereocenters. The number of thioether (sulfide) groups is 1. The monoisotopic (exact) mass is 312 g/mol. The minimum atomic E-state index is -0.338. The van der Waals surface area contributed by atoms with E-state index in [9.17, 15) is 9.59 Å². The summed E-state index contributed by atoms with van der Waals surface area (Å²) in [6, 6.07) is 5.34. The Kier molecular flexibility index (Phi) is 4.94. The van der Waals surface area contributed by atoms with Gasteiger partial charge >= 0.3 is 0 Å². The minimum absolute atomic E-state index is 0.0767. The predicted octanol–water partition coefficient (Wildman–Crippen LogP) is 2.40. The molecule has 0 bridgehead atoms. The van der Waals surface area contributed by atoms with E-state index < -0.39 is 0 Å². The van der Waals surface area contributed by atoms with Crippen LogP contribution in [-0.4, -0.2) is 35.6 Å². The highest BCUT2D eigenvalue weighted by Crippen LogP contribution is 2.28. The van der Waals surface area contributed by atoms with Gasteiger partial charge in [-0.25, -0.2) is 0 Å². The fourth-order valence-corrected chi connectivity index (χ4v) is 3.25. The highest BCUT2D eigenvalue weighted by molar-refractivity contribution is 7.99. The van der Waals surface area contributed by atoms with Crippen molar-refractivity contribution in [3.63, 3.8) is 0 Å². The van der Waals surface area contributed by atoms with Gasteiger partial charge in [0.15, 0.2) is 0 Å². The van der Waals surface area contributed by atoms with Gasteiger partial charge in [-0.3, -0.25) is 9.59 Å². The zero-order chi connectivity index (χ0) is 14.7. The van der Waals surface area contributed by atoms with E-state index in [1.807, 2.05) is 13.0 Å². The van der Waals surface area contributed by atoms with Crippen LogP contribution in [-0.2, 0) is 4.79 Å². The number of carbonyl (C=O) groups excluding carboxylic acids is 2. The first-order chi connectivity index (χ1) is 9.52. The second-order valence-corrected chi connectivity index (χ2v) is 6.45. The summed E-state index contributed by atoms with van der Waals surface area (Å²) in [5, 5.41) is 0.541. The molecule has 1 aliphatic rings. The Bertz CT molecular complexity index is 536. The molecule has 2 rings (SSSR count). The predicted molar refractivity (Wildman–Crippen MR) is 81.1 cm³/mol. The Morgan fingerprint density at radius 3 is 2.85 bits per heavy atom. The van der Waals surface area contributed by atoms with Gasteiger partial charge in [-0.2, -0.15) is 0 Å². The van der Waals surface area contributed by atoms with E-state index in [0.717, 1.165) is 10.6 Å². The SMILES string of the molecule is CCSc1ccc(Cl)cc1C(=O)N1CC[C@@H](C(N)=O)C1. The van der Waals surface area contributed by atoms with Crippen LogP contribution >= 0.6 is 23.4 Å². The maximum atomic E-state index is 12.6. The maximum absolute atomic E-state index is 12.6. The van der Waals surface area contributed by atoms with Gasteiger partial charge < -0.3 is 10.6 Å². The summed E-state index contributed by atoms with van der Waals surface area (Å²) in [5.41, 5.74) is 5.90. The molecule has 0 saturated carbocycles. The van der Waals surface area contributed by atoms with Crippen molar-refractivity contribution in [3.05, 3.63) is 28.8 Å². The van der Waals surface area contributed by atoms with Crippen LogP contribution in [0.3, 0.4) is 0 Å². The van der Waals surface area contributed by atoms with E-state index in [4.69, 9.17) is 17.3 Å². The summed E-state index contributed by atoms with van der Waals surface area (Å²) in [6.45, 7) is 3.00. The van der Waals surface area contributed by atoms with E-state index in [1.165, 1.54) is 0 Å². The van der Waals surface area contributed by atoms with Gasteiger partial charge in [-0.1, -0.05) is 18.5 Å². The number of hydrogen-bond donors (Lipinski definition) is 1. The molecule has 1 atom stereocenters. The van der Waals surface area contributed by atoms with Gasteiger partial charge in [-0.05, 0) is 30.4 Å². The molecule has 0 spiro atoms. The quantitative estimate of drug-likeness (QED) is 0.868. The summed E-state index contributed by atoms with van der Waals surface area (Å²) >= 11 is 7.60. The lowest BCUT2D eigenvalue weighted by atomic mass is 10.1. The number of likely N-dealkylation sites (tertiary alicyclic amines) is 1. The van der Waals surface area contributed by atoms with Crippen molar-refractivity contribution < 1.29 is 9.59 Å². The largest absolute Gasteiger partial charge is 0.369 e. The zero-order valence-electron chi connectivity index (χ0n) is 11.3. The van der Waals surface area contributed by atoms with Crippen molar-refractivity contribution in [1.82, 2.24) is 4.90 Å². The second kappa shape index (κ2) is 6.50. The number of benzene rings is 1. The smallest absolute Gasteiger partial charge is 0.255 e. The number of primary amides is 1. The molecule has 1 aromatic rings. The number of halogens is 1. The topological polar surface area (TPSA) is 63.4 Å². The molecule has 0 aliphatic carbocycles. The van der Waals surface area contributed by atoms with Crippen LogP contribution in [0, 0.1) is 5.92 Å². The third-order valence-electron chi connectivity index (χ3n) is 3.35. The Labute approximate surface area is 127 Å². The molecule has 1 aromatic carbocycles. The summed E-state index contributed by atoms with van der Waals surface area (Å²) in [4.78, 5) is 26.4. The van der Waals surface area contributed by atoms with Crippen molar-refractivity contribution >= 4 is 35.2 Å². The number of amides is 2. The molecule has 4 nitrogen and oxygen atoms in total. The Morgan fingerprint density at radius 2 is 2.25 bits per heavy atom. The molecule has 0 aromatic heterocycles. The molecule has 6 heteroatoms. The first kappa shape index (κ1) is 15.2. The van der Waals surface area contributed by atoms with Crippen LogP contribution in [0.1, 0.15) is 23.7 Å². The number of hydrogen-bond acceptors (Lipinski definition) is 3. The minimum Gasteiger partial charge on any atom is -0.369 e. The van der Waals surface area contributed by atoms with Gasteiger partial charge in [-0.15, -0.1) is 11.8 Å². The molecular formula is C14H17ClN2O2S. The lowest BCUT2D eigenvalue weighted by molar-refractivity contribution is -0.121. The van der Waals surface area contributed by atoms with Crippen LogP contribution in [0.4, 0.5) is 0 Å². The van der Waals surface area contributed by atoms with Crippen molar-refractivity contribution in [2.45, 2.75) is 18.2 Å². The molecule has 108 valence electrons. The first-order valence-corrected chi connectivity index (χ1v) is 7.90. The van der Waals surface area contributed by atoms with Crippen LogP contribution in [0.2, 0.25) is 5.02 Å². The highest BCUT2D eigenvalue weighted by atomic mass is 35.5. The van der Waals surface area contributed by atoms with Gasteiger partial charge in [0.05, 0.1) is 11.5 Å². The molecule has 20 heavy (non-hydrogen) atoms. The molecule has 1 saturated heterocycles. The molecule has 2 amide bonds.